The maximum Gasteiger partial charge on any atom is 0.318 e. The number of carbonyl (C=O) groups excluding carboxylic acids is 1. The first-order chi connectivity index (χ1) is 11.7. The van der Waals surface area contributed by atoms with Crippen LogP contribution < -0.4 is 5.32 Å². The molecule has 3 heterocycles. The Balaban J connectivity index is 1.76. The maximum atomic E-state index is 13.0. The maximum absolute atomic E-state index is 13.0. The second kappa shape index (κ2) is 7.83. The lowest BCUT2D eigenvalue weighted by molar-refractivity contribution is 0.142. The normalized spacial score (nSPS) is 19.2. The Morgan fingerprint density at radius 1 is 1.46 bits per heavy atom. The quantitative estimate of drug-likeness (QED) is 0.875. The topological polar surface area (TPSA) is 50.2 Å². The lowest BCUT2D eigenvalue weighted by atomic mass is 10.0. The number of aromatic nitrogens is 2. The standard InChI is InChI=1S/C18H26N4OS/c1-3-14(16-9-7-13-24-16)20-18(23)22-11-6-5-8-15(22)17-19-10-12-21(17)4-2/h7,9-10,12-15H,3-6,8,11H2,1-2H3,(H,20,23)/t14-,15+/m0/s1. The number of thiophene rings is 1. The van der Waals surface area contributed by atoms with Crippen molar-refractivity contribution >= 4 is 17.4 Å². The van der Waals surface area contributed by atoms with Gasteiger partial charge in [-0.3, -0.25) is 0 Å². The minimum atomic E-state index is 0.0330. The number of nitrogens with zero attached hydrogens (tertiary/aromatic N) is 3. The van der Waals surface area contributed by atoms with Crippen LogP contribution in [0.15, 0.2) is 29.9 Å². The fraction of sp³-hybridized carbons (Fsp3) is 0.556. The highest BCUT2D eigenvalue weighted by atomic mass is 32.1. The number of hydrogen-bond donors (Lipinski definition) is 1. The van der Waals surface area contributed by atoms with E-state index < -0.39 is 0 Å². The Bertz CT molecular complexity index is 652. The van der Waals surface area contributed by atoms with E-state index in [1.807, 2.05) is 23.4 Å². The first-order valence-corrected chi connectivity index (χ1v) is 9.74. The minimum Gasteiger partial charge on any atom is -0.333 e. The number of amides is 2. The summed E-state index contributed by atoms with van der Waals surface area (Å²) >= 11 is 1.70. The molecule has 0 unspecified atom stereocenters. The van der Waals surface area contributed by atoms with Gasteiger partial charge in [0.1, 0.15) is 5.82 Å². The fourth-order valence-corrected chi connectivity index (χ4v) is 4.29. The fourth-order valence-electron chi connectivity index (χ4n) is 3.42. The van der Waals surface area contributed by atoms with Gasteiger partial charge < -0.3 is 14.8 Å². The monoisotopic (exact) mass is 346 g/mol. The van der Waals surface area contributed by atoms with Crippen LogP contribution in [0.25, 0.3) is 0 Å². The molecule has 24 heavy (non-hydrogen) atoms. The van der Waals surface area contributed by atoms with Crippen LogP contribution in [-0.2, 0) is 6.54 Å². The van der Waals surface area contributed by atoms with Gasteiger partial charge in [0.05, 0.1) is 12.1 Å². The van der Waals surface area contributed by atoms with Crippen LogP contribution in [0.1, 0.15) is 62.3 Å². The average molecular weight is 347 g/mol. The third kappa shape index (κ3) is 3.48. The lowest BCUT2D eigenvalue weighted by Crippen LogP contribution is -2.46. The van der Waals surface area contributed by atoms with Crippen LogP contribution in [0, 0.1) is 0 Å². The average Bonchev–Trinajstić information content (AvgIpc) is 3.30. The summed E-state index contributed by atoms with van der Waals surface area (Å²) in [5.41, 5.74) is 0. The Kier molecular flexibility index (Phi) is 5.56. The van der Waals surface area contributed by atoms with Crippen LogP contribution in [-0.4, -0.2) is 27.0 Å². The van der Waals surface area contributed by atoms with E-state index in [1.165, 1.54) is 4.88 Å². The summed E-state index contributed by atoms with van der Waals surface area (Å²) in [6.45, 7) is 5.91. The van der Waals surface area contributed by atoms with Crippen LogP contribution in [0.3, 0.4) is 0 Å². The summed E-state index contributed by atoms with van der Waals surface area (Å²) in [6.07, 6.45) is 7.93. The van der Waals surface area contributed by atoms with Crippen molar-refractivity contribution in [3.8, 4) is 0 Å². The number of aryl methyl sites for hydroxylation is 1. The third-order valence-corrected chi connectivity index (χ3v) is 5.73. The SMILES string of the molecule is CC[C@H](NC(=O)N1CCCC[C@@H]1c1nccn1CC)c1cccs1. The number of carbonyl (C=O) groups is 1. The molecule has 1 aliphatic heterocycles. The highest BCUT2D eigenvalue weighted by molar-refractivity contribution is 7.10. The van der Waals surface area contributed by atoms with Crippen LogP contribution in [0.2, 0.25) is 0 Å². The second-order valence-electron chi connectivity index (χ2n) is 6.20. The van der Waals surface area contributed by atoms with Gasteiger partial charge in [-0.05, 0) is 44.1 Å². The van der Waals surface area contributed by atoms with Crippen molar-refractivity contribution in [2.75, 3.05) is 6.54 Å². The van der Waals surface area contributed by atoms with Crippen molar-refractivity contribution in [2.24, 2.45) is 0 Å². The van der Waals surface area contributed by atoms with Crippen LogP contribution in [0.4, 0.5) is 4.79 Å². The number of nitrogens with one attached hydrogen (secondary N) is 1. The minimum absolute atomic E-state index is 0.0330. The number of imidazole rings is 1. The van der Waals surface area contributed by atoms with Gasteiger partial charge >= 0.3 is 6.03 Å². The molecule has 0 spiro atoms. The van der Waals surface area contributed by atoms with Crippen molar-refractivity contribution in [1.29, 1.82) is 0 Å². The summed E-state index contributed by atoms with van der Waals surface area (Å²) in [6, 6.07) is 4.33. The van der Waals surface area contributed by atoms with Gasteiger partial charge in [0.25, 0.3) is 0 Å². The highest BCUT2D eigenvalue weighted by Crippen LogP contribution is 2.31. The third-order valence-electron chi connectivity index (χ3n) is 4.74. The summed E-state index contributed by atoms with van der Waals surface area (Å²) in [5, 5.41) is 5.29. The van der Waals surface area contributed by atoms with Gasteiger partial charge in [0, 0.05) is 30.4 Å². The predicted molar refractivity (Wildman–Crippen MR) is 97.1 cm³/mol. The molecule has 130 valence electrons. The molecule has 2 atom stereocenters. The van der Waals surface area contributed by atoms with E-state index in [2.05, 4.69) is 40.2 Å². The van der Waals surface area contributed by atoms with E-state index >= 15 is 0 Å². The van der Waals surface area contributed by atoms with Gasteiger partial charge in [0.2, 0.25) is 0 Å². The number of hydrogen-bond acceptors (Lipinski definition) is 3. The smallest absolute Gasteiger partial charge is 0.318 e. The second-order valence-corrected chi connectivity index (χ2v) is 7.18. The Hall–Kier alpha value is -1.82. The number of urea groups is 1. The molecule has 0 bridgehead atoms. The molecule has 2 amide bonds. The highest BCUT2D eigenvalue weighted by Gasteiger charge is 2.31. The van der Waals surface area contributed by atoms with E-state index in [0.717, 1.165) is 44.6 Å². The summed E-state index contributed by atoms with van der Waals surface area (Å²) in [5.74, 6) is 1.01. The first kappa shape index (κ1) is 17.0. The molecule has 1 saturated heterocycles. The van der Waals surface area contributed by atoms with Gasteiger partial charge in [-0.1, -0.05) is 13.0 Å². The zero-order chi connectivity index (χ0) is 16.9. The van der Waals surface area contributed by atoms with E-state index in [4.69, 9.17) is 0 Å². The molecule has 5 nitrogen and oxygen atoms in total. The molecule has 0 aromatic carbocycles. The van der Waals surface area contributed by atoms with Crippen molar-refractivity contribution in [1.82, 2.24) is 19.8 Å². The number of rotatable bonds is 5. The van der Waals surface area contributed by atoms with Crippen molar-refractivity contribution in [3.63, 3.8) is 0 Å². The Morgan fingerprint density at radius 2 is 2.33 bits per heavy atom. The van der Waals surface area contributed by atoms with Crippen molar-refractivity contribution < 1.29 is 4.79 Å². The van der Waals surface area contributed by atoms with Crippen molar-refractivity contribution in [3.05, 3.63) is 40.6 Å². The van der Waals surface area contributed by atoms with E-state index in [0.29, 0.717) is 0 Å². The molecule has 1 N–H and O–H groups in total. The lowest BCUT2D eigenvalue weighted by Gasteiger charge is -2.36. The molecule has 2 aromatic rings. The molecule has 0 saturated carbocycles. The summed E-state index contributed by atoms with van der Waals surface area (Å²) in [4.78, 5) is 20.7. The molecular formula is C18H26N4OS. The number of likely N-dealkylation sites (tertiary alicyclic amines) is 1. The summed E-state index contributed by atoms with van der Waals surface area (Å²) < 4.78 is 2.15. The molecule has 2 aromatic heterocycles. The predicted octanol–water partition coefficient (Wildman–Crippen LogP) is 4.35. The van der Waals surface area contributed by atoms with E-state index in [9.17, 15) is 4.79 Å². The van der Waals surface area contributed by atoms with Crippen molar-refractivity contribution in [2.45, 2.75) is 58.2 Å². The molecule has 1 fully saturated rings. The largest absolute Gasteiger partial charge is 0.333 e. The molecule has 6 heteroatoms. The first-order valence-electron chi connectivity index (χ1n) is 8.86. The van der Waals surface area contributed by atoms with E-state index in [1.54, 1.807) is 11.3 Å². The Morgan fingerprint density at radius 3 is 3.04 bits per heavy atom. The zero-order valence-electron chi connectivity index (χ0n) is 14.4. The Labute approximate surface area is 147 Å². The van der Waals surface area contributed by atoms with Gasteiger partial charge in [0.15, 0.2) is 0 Å². The molecular weight excluding hydrogens is 320 g/mol. The molecule has 1 aliphatic rings. The van der Waals surface area contributed by atoms with Gasteiger partial charge in [-0.2, -0.15) is 0 Å². The number of piperidine rings is 1. The summed E-state index contributed by atoms with van der Waals surface area (Å²) in [7, 11) is 0. The van der Waals surface area contributed by atoms with Crippen LogP contribution >= 0.6 is 11.3 Å². The molecule has 3 rings (SSSR count). The molecule has 0 aliphatic carbocycles. The van der Waals surface area contributed by atoms with Crippen LogP contribution in [0.5, 0.6) is 0 Å². The van der Waals surface area contributed by atoms with Gasteiger partial charge in [-0.15, -0.1) is 11.3 Å². The molecule has 0 radical (unpaired) electrons. The van der Waals surface area contributed by atoms with Gasteiger partial charge in [-0.25, -0.2) is 9.78 Å². The van der Waals surface area contributed by atoms with E-state index in [-0.39, 0.29) is 18.1 Å². The zero-order valence-corrected chi connectivity index (χ0v) is 15.3.